The van der Waals surface area contributed by atoms with E-state index < -0.39 is 15.7 Å². The normalized spacial score (nSPS) is 11.7. The predicted molar refractivity (Wildman–Crippen MR) is 122 cm³/mol. The van der Waals surface area contributed by atoms with Crippen LogP contribution in [0, 0.1) is 0 Å². The van der Waals surface area contributed by atoms with Crippen LogP contribution in [0.4, 0.5) is 5.13 Å². The number of hydrogen-bond acceptors (Lipinski definition) is 6. The van der Waals surface area contributed by atoms with Crippen molar-refractivity contribution in [1.82, 2.24) is 4.98 Å². The summed E-state index contributed by atoms with van der Waals surface area (Å²) in [6, 6.07) is 15.9. The number of fused-ring (bicyclic) bond motifs is 1. The van der Waals surface area contributed by atoms with E-state index in [4.69, 9.17) is 4.42 Å². The van der Waals surface area contributed by atoms with E-state index >= 15 is 0 Å². The van der Waals surface area contributed by atoms with E-state index in [0.29, 0.717) is 10.9 Å². The zero-order valence-electron chi connectivity index (χ0n) is 17.2. The molecular formula is C23H22N2O4S2. The first kappa shape index (κ1) is 21.3. The lowest BCUT2D eigenvalue weighted by atomic mass is 10.2. The zero-order valence-corrected chi connectivity index (χ0v) is 18.9. The minimum absolute atomic E-state index is 0.0290. The first-order valence-electron chi connectivity index (χ1n) is 9.98. The van der Waals surface area contributed by atoms with Crippen LogP contribution in [0.5, 0.6) is 0 Å². The van der Waals surface area contributed by atoms with E-state index in [-0.39, 0.29) is 22.8 Å². The number of aromatic nitrogens is 1. The van der Waals surface area contributed by atoms with Gasteiger partial charge in [0.05, 0.1) is 39.2 Å². The number of rotatable bonds is 7. The van der Waals surface area contributed by atoms with Crippen molar-refractivity contribution in [2.24, 2.45) is 0 Å². The second-order valence-corrected chi connectivity index (χ2v) is 10.3. The lowest BCUT2D eigenvalue weighted by Gasteiger charge is -2.20. The molecule has 31 heavy (non-hydrogen) atoms. The van der Waals surface area contributed by atoms with Gasteiger partial charge in [0.2, 0.25) is 0 Å². The third kappa shape index (κ3) is 4.26. The number of carbonyl (C=O) groups excluding carboxylic acids is 1. The van der Waals surface area contributed by atoms with Crippen molar-refractivity contribution in [3.8, 4) is 0 Å². The molecule has 160 valence electrons. The van der Waals surface area contributed by atoms with Gasteiger partial charge >= 0.3 is 0 Å². The molecule has 1 amide bonds. The highest BCUT2D eigenvalue weighted by atomic mass is 32.2. The fourth-order valence-electron chi connectivity index (χ4n) is 3.29. The highest BCUT2D eigenvalue weighted by Gasteiger charge is 2.28. The van der Waals surface area contributed by atoms with Gasteiger partial charge in [0.25, 0.3) is 5.91 Å². The molecule has 0 saturated heterocycles. The highest BCUT2D eigenvalue weighted by Crippen LogP contribution is 2.32. The van der Waals surface area contributed by atoms with Gasteiger partial charge < -0.3 is 4.42 Å². The van der Waals surface area contributed by atoms with Crippen molar-refractivity contribution >= 4 is 42.4 Å². The molecule has 4 aromatic rings. The number of furan rings is 1. The van der Waals surface area contributed by atoms with E-state index in [9.17, 15) is 13.2 Å². The average Bonchev–Trinajstić information content (AvgIpc) is 3.45. The Morgan fingerprint density at radius 1 is 1.10 bits per heavy atom. The SMILES string of the molecule is CCc1ccc2nc(N(Cc3ccco3)C(=O)c3ccccc3S(=O)(=O)CC)sc2c1. The molecule has 0 saturated carbocycles. The number of thiazole rings is 1. The molecule has 2 heterocycles. The number of benzene rings is 2. The van der Waals surface area contributed by atoms with E-state index in [1.165, 1.54) is 27.9 Å². The van der Waals surface area contributed by atoms with Crippen molar-refractivity contribution in [1.29, 1.82) is 0 Å². The Labute approximate surface area is 185 Å². The lowest BCUT2D eigenvalue weighted by Crippen LogP contribution is -2.31. The van der Waals surface area contributed by atoms with Gasteiger partial charge in [0.15, 0.2) is 15.0 Å². The molecule has 0 aliphatic rings. The molecule has 6 nitrogen and oxygen atoms in total. The molecule has 0 radical (unpaired) electrons. The molecule has 0 bridgehead atoms. The molecule has 4 rings (SSSR count). The van der Waals surface area contributed by atoms with E-state index in [2.05, 4.69) is 18.0 Å². The van der Waals surface area contributed by atoms with Gasteiger partial charge in [-0.1, -0.05) is 43.4 Å². The third-order valence-corrected chi connectivity index (χ3v) is 7.88. The van der Waals surface area contributed by atoms with Gasteiger partial charge in [-0.15, -0.1) is 0 Å². The molecule has 0 N–H and O–H groups in total. The number of aryl methyl sites for hydroxylation is 1. The van der Waals surface area contributed by atoms with E-state index in [1.54, 1.807) is 43.5 Å². The standard InChI is InChI=1S/C23H22N2O4S2/c1-3-16-11-12-19-20(14-16)30-23(24-19)25(15-17-8-7-13-29-17)22(26)18-9-5-6-10-21(18)31(27,28)4-2/h5-14H,3-4,15H2,1-2H3. The molecule has 0 unspecified atom stereocenters. The van der Waals surface area contributed by atoms with Crippen molar-refractivity contribution in [3.05, 3.63) is 77.7 Å². The predicted octanol–water partition coefficient (Wildman–Crippen LogP) is 5.09. The van der Waals surface area contributed by atoms with E-state index in [1.807, 2.05) is 12.1 Å². The summed E-state index contributed by atoms with van der Waals surface area (Å²) in [5, 5.41) is 0.494. The number of anilines is 1. The third-order valence-electron chi connectivity index (χ3n) is 5.05. The maximum Gasteiger partial charge on any atom is 0.261 e. The summed E-state index contributed by atoms with van der Waals surface area (Å²) in [4.78, 5) is 19.8. The molecule has 0 aliphatic carbocycles. The summed E-state index contributed by atoms with van der Waals surface area (Å²) in [6.45, 7) is 3.80. The first-order chi connectivity index (χ1) is 14.9. The van der Waals surface area contributed by atoms with Gasteiger partial charge in [-0.3, -0.25) is 9.69 Å². The Morgan fingerprint density at radius 2 is 1.90 bits per heavy atom. The second kappa shape index (κ2) is 8.64. The second-order valence-electron chi connectivity index (χ2n) is 7.02. The molecule has 8 heteroatoms. The molecule has 2 aromatic carbocycles. The Bertz CT molecular complexity index is 1320. The van der Waals surface area contributed by atoms with Crippen LogP contribution < -0.4 is 4.90 Å². The van der Waals surface area contributed by atoms with Crippen molar-refractivity contribution in [3.63, 3.8) is 0 Å². The molecule has 0 atom stereocenters. The van der Waals surface area contributed by atoms with Gasteiger partial charge in [0, 0.05) is 0 Å². The number of sulfone groups is 1. The monoisotopic (exact) mass is 454 g/mol. The number of amides is 1. The van der Waals surface area contributed by atoms with Crippen molar-refractivity contribution in [2.75, 3.05) is 10.7 Å². The maximum absolute atomic E-state index is 13.6. The van der Waals surface area contributed by atoms with Crippen LogP contribution in [0.1, 0.15) is 35.5 Å². The summed E-state index contributed by atoms with van der Waals surface area (Å²) < 4.78 is 31.7. The molecule has 0 spiro atoms. The highest BCUT2D eigenvalue weighted by molar-refractivity contribution is 7.91. The van der Waals surface area contributed by atoms with Gasteiger partial charge in [-0.25, -0.2) is 13.4 Å². The van der Waals surface area contributed by atoms with Gasteiger partial charge in [-0.2, -0.15) is 0 Å². The van der Waals surface area contributed by atoms with Gasteiger partial charge in [0.1, 0.15) is 5.76 Å². The summed E-state index contributed by atoms with van der Waals surface area (Å²) in [7, 11) is -3.57. The fourth-order valence-corrected chi connectivity index (χ4v) is 5.41. The van der Waals surface area contributed by atoms with Gasteiger partial charge in [-0.05, 0) is 48.4 Å². The zero-order chi connectivity index (χ0) is 22.0. The van der Waals surface area contributed by atoms with Crippen LogP contribution in [-0.4, -0.2) is 25.1 Å². The van der Waals surface area contributed by atoms with Crippen LogP contribution in [0.2, 0.25) is 0 Å². The molecule has 0 aliphatic heterocycles. The lowest BCUT2D eigenvalue weighted by molar-refractivity contribution is 0.0980. The van der Waals surface area contributed by atoms with Crippen LogP contribution in [0.3, 0.4) is 0 Å². The van der Waals surface area contributed by atoms with Crippen LogP contribution in [0.15, 0.2) is 70.2 Å². The number of carbonyl (C=O) groups is 1. The quantitative estimate of drug-likeness (QED) is 0.388. The average molecular weight is 455 g/mol. The first-order valence-corrected chi connectivity index (χ1v) is 12.4. The minimum atomic E-state index is -3.57. The fraction of sp³-hybridized carbons (Fsp3) is 0.217. The Balaban J connectivity index is 1.82. The summed E-state index contributed by atoms with van der Waals surface area (Å²) >= 11 is 1.40. The Morgan fingerprint density at radius 3 is 2.61 bits per heavy atom. The summed E-state index contributed by atoms with van der Waals surface area (Å²) in [6.07, 6.45) is 2.44. The van der Waals surface area contributed by atoms with Crippen LogP contribution in [-0.2, 0) is 22.8 Å². The smallest absolute Gasteiger partial charge is 0.261 e. The van der Waals surface area contributed by atoms with Crippen LogP contribution >= 0.6 is 11.3 Å². The molecular weight excluding hydrogens is 432 g/mol. The van der Waals surface area contributed by atoms with Crippen LogP contribution in [0.25, 0.3) is 10.2 Å². The Hall–Kier alpha value is -2.97. The van der Waals surface area contributed by atoms with Crippen molar-refractivity contribution in [2.45, 2.75) is 31.7 Å². The molecule has 2 aromatic heterocycles. The number of nitrogens with zero attached hydrogens (tertiary/aromatic N) is 2. The number of hydrogen-bond donors (Lipinski definition) is 0. The Kier molecular flexibility index (Phi) is 5.93. The maximum atomic E-state index is 13.6. The van der Waals surface area contributed by atoms with E-state index in [0.717, 1.165) is 16.6 Å². The summed E-state index contributed by atoms with van der Waals surface area (Å²) in [5.74, 6) is 0.0626. The topological polar surface area (TPSA) is 80.5 Å². The minimum Gasteiger partial charge on any atom is -0.467 e. The molecule has 0 fully saturated rings. The van der Waals surface area contributed by atoms with Crippen molar-refractivity contribution < 1.29 is 17.6 Å². The largest absolute Gasteiger partial charge is 0.467 e. The summed E-state index contributed by atoms with van der Waals surface area (Å²) in [5.41, 5.74) is 2.11.